The molecule has 0 spiro atoms. The largest absolute Gasteiger partial charge is 0.416 e. The van der Waals surface area contributed by atoms with Crippen LogP contribution in [0, 0.1) is 0 Å². The van der Waals surface area contributed by atoms with Crippen LogP contribution >= 0.6 is 0 Å². The van der Waals surface area contributed by atoms with Gasteiger partial charge in [0.25, 0.3) is 0 Å². The van der Waals surface area contributed by atoms with Crippen LogP contribution in [0.15, 0.2) is 54.2 Å². The standard InChI is InChI=1S/C33H41F3N6O4S/c1-22(2)16-31(44)38-18-25-17-24(7-8-28(25)33(34,35)36)32-27-21-41(47(3,45)46)15-11-30(27)42(39-32)20-26(43)19-40-13-9-23(10-14-40)29-6-4-5-12-37-29/h4-8,12,16-17,23,26,43H,9-11,13-15,18-21H2,1-3H3,(H,38,44). The van der Waals surface area contributed by atoms with Crippen molar-refractivity contribution in [2.75, 3.05) is 32.4 Å². The number of carbonyl (C=O) groups is 1. The van der Waals surface area contributed by atoms with Crippen molar-refractivity contribution in [3.63, 3.8) is 0 Å². The topological polar surface area (TPSA) is 121 Å². The smallest absolute Gasteiger partial charge is 0.390 e. The molecule has 2 aliphatic heterocycles. The first-order chi connectivity index (χ1) is 22.2. The van der Waals surface area contributed by atoms with Gasteiger partial charge in [-0.1, -0.05) is 17.7 Å². The van der Waals surface area contributed by atoms with Crippen molar-refractivity contribution in [2.45, 2.75) is 70.9 Å². The van der Waals surface area contributed by atoms with Crippen LogP contribution in [0.3, 0.4) is 0 Å². The quantitative estimate of drug-likeness (QED) is 0.311. The van der Waals surface area contributed by atoms with E-state index in [2.05, 4.69) is 15.2 Å². The zero-order chi connectivity index (χ0) is 33.9. The third-order valence-corrected chi connectivity index (χ3v) is 9.92. The molecule has 1 saturated heterocycles. The van der Waals surface area contributed by atoms with E-state index in [0.29, 0.717) is 41.3 Å². The second kappa shape index (κ2) is 14.3. The summed E-state index contributed by atoms with van der Waals surface area (Å²) in [6, 6.07) is 9.56. The maximum atomic E-state index is 14.0. The van der Waals surface area contributed by atoms with Crippen molar-refractivity contribution in [1.82, 2.24) is 29.3 Å². The zero-order valence-corrected chi connectivity index (χ0v) is 27.6. The summed E-state index contributed by atoms with van der Waals surface area (Å²) in [5.41, 5.74) is 2.80. The number of β-amino-alcohol motifs (C(OH)–C–C–N with tert-alkyl or cyclic N) is 1. The van der Waals surface area contributed by atoms with E-state index < -0.39 is 33.8 Å². The number of hydrogen-bond acceptors (Lipinski definition) is 7. The SMILES string of the molecule is CC(C)=CC(=O)NCc1cc(-c2nn(CC(O)CN3CCC(c4ccccn4)CC3)c3c2CN(S(C)(=O)=O)CC3)ccc1C(F)(F)F. The summed E-state index contributed by atoms with van der Waals surface area (Å²) in [5.74, 6) is -0.138. The molecule has 47 heavy (non-hydrogen) atoms. The summed E-state index contributed by atoms with van der Waals surface area (Å²) in [5, 5.41) is 18.4. The minimum absolute atomic E-state index is 0.00823. The molecule has 0 radical (unpaired) electrons. The van der Waals surface area contributed by atoms with E-state index in [0.717, 1.165) is 49.6 Å². The Bertz CT molecular complexity index is 1710. The Morgan fingerprint density at radius 1 is 1.13 bits per heavy atom. The fourth-order valence-corrected chi connectivity index (χ4v) is 7.16. The Kier molecular flexibility index (Phi) is 10.5. The lowest BCUT2D eigenvalue weighted by molar-refractivity contribution is -0.138. The van der Waals surface area contributed by atoms with Gasteiger partial charge in [-0.05, 0) is 69.6 Å². The molecule has 3 aromatic rings. The number of halogens is 3. The molecule has 2 aromatic heterocycles. The predicted molar refractivity (Wildman–Crippen MR) is 172 cm³/mol. The number of hydrogen-bond donors (Lipinski definition) is 2. The minimum atomic E-state index is -4.66. The molecular formula is C33H41F3N6O4S. The van der Waals surface area contributed by atoms with Crippen LogP contribution in [0.1, 0.15) is 60.7 Å². The molecule has 1 atom stereocenters. The van der Waals surface area contributed by atoms with Crippen molar-refractivity contribution < 1.29 is 31.5 Å². The number of carbonyl (C=O) groups excluding carboxylic acids is 1. The highest BCUT2D eigenvalue weighted by molar-refractivity contribution is 7.88. The number of benzene rings is 1. The van der Waals surface area contributed by atoms with Gasteiger partial charge in [0, 0.05) is 73.3 Å². The summed E-state index contributed by atoms with van der Waals surface area (Å²) in [4.78, 5) is 18.9. The van der Waals surface area contributed by atoms with Crippen LogP contribution in [-0.4, -0.2) is 81.9 Å². The van der Waals surface area contributed by atoms with Crippen LogP contribution in [0.25, 0.3) is 11.3 Å². The highest BCUT2D eigenvalue weighted by Crippen LogP contribution is 2.37. The average molecular weight is 675 g/mol. The molecule has 0 aliphatic carbocycles. The van der Waals surface area contributed by atoms with Crippen molar-refractivity contribution in [1.29, 1.82) is 0 Å². The first-order valence-corrected chi connectivity index (χ1v) is 17.5. The number of likely N-dealkylation sites (tertiary alicyclic amines) is 1. The van der Waals surface area contributed by atoms with Crippen LogP contribution in [0.2, 0.25) is 0 Å². The molecular weight excluding hydrogens is 633 g/mol. The van der Waals surface area contributed by atoms with Crippen LogP contribution in [0.4, 0.5) is 13.2 Å². The molecule has 1 aromatic carbocycles. The van der Waals surface area contributed by atoms with Crippen LogP contribution in [0.5, 0.6) is 0 Å². The fraction of sp³-hybridized carbons (Fsp3) is 0.485. The van der Waals surface area contributed by atoms with Gasteiger partial charge in [-0.15, -0.1) is 0 Å². The maximum Gasteiger partial charge on any atom is 0.416 e. The van der Waals surface area contributed by atoms with Crippen molar-refractivity contribution >= 4 is 15.9 Å². The number of fused-ring (bicyclic) bond motifs is 1. The number of aliphatic hydroxyl groups excluding tert-OH is 1. The Balaban J connectivity index is 1.39. The second-order valence-electron chi connectivity index (χ2n) is 12.6. The summed E-state index contributed by atoms with van der Waals surface area (Å²) < 4.78 is 69.8. The molecule has 1 fully saturated rings. The predicted octanol–water partition coefficient (Wildman–Crippen LogP) is 4.10. The Hall–Kier alpha value is -3.59. The molecule has 2 aliphatic rings. The normalized spacial score (nSPS) is 17.3. The van der Waals surface area contributed by atoms with Crippen molar-refractivity contribution in [2.24, 2.45) is 0 Å². The third-order valence-electron chi connectivity index (χ3n) is 8.67. The highest BCUT2D eigenvalue weighted by atomic mass is 32.2. The van der Waals surface area contributed by atoms with Gasteiger partial charge in [-0.2, -0.15) is 22.6 Å². The van der Waals surface area contributed by atoms with E-state index in [1.165, 1.54) is 22.5 Å². The maximum absolute atomic E-state index is 14.0. The van der Waals surface area contributed by atoms with Gasteiger partial charge < -0.3 is 15.3 Å². The summed E-state index contributed by atoms with van der Waals surface area (Å²) in [6.45, 7) is 5.48. The van der Waals surface area contributed by atoms with E-state index in [4.69, 9.17) is 5.10 Å². The number of piperidine rings is 1. The van der Waals surface area contributed by atoms with E-state index in [1.54, 1.807) is 24.7 Å². The van der Waals surface area contributed by atoms with Gasteiger partial charge in [0.05, 0.1) is 30.2 Å². The summed E-state index contributed by atoms with van der Waals surface area (Å²) in [6.07, 6.45) is 0.988. The fourth-order valence-electron chi connectivity index (χ4n) is 6.38. The number of pyridine rings is 1. The molecule has 5 rings (SSSR count). The van der Waals surface area contributed by atoms with E-state index in [-0.39, 0.29) is 31.7 Å². The Morgan fingerprint density at radius 2 is 1.87 bits per heavy atom. The highest BCUT2D eigenvalue weighted by Gasteiger charge is 2.35. The number of aromatic nitrogens is 3. The number of amides is 1. The van der Waals surface area contributed by atoms with Gasteiger partial charge in [0.15, 0.2) is 0 Å². The number of nitrogens with zero attached hydrogens (tertiary/aromatic N) is 5. The molecule has 14 heteroatoms. The van der Waals surface area contributed by atoms with Gasteiger partial charge in [-0.25, -0.2) is 8.42 Å². The van der Waals surface area contributed by atoms with Crippen LogP contribution < -0.4 is 5.32 Å². The van der Waals surface area contributed by atoms with E-state index in [1.807, 2.05) is 18.2 Å². The summed E-state index contributed by atoms with van der Waals surface area (Å²) >= 11 is 0. The molecule has 0 bridgehead atoms. The molecule has 4 heterocycles. The van der Waals surface area contributed by atoms with Gasteiger partial charge in [0.2, 0.25) is 15.9 Å². The number of rotatable bonds is 10. The lowest BCUT2D eigenvalue weighted by Gasteiger charge is -2.33. The molecule has 254 valence electrons. The van der Waals surface area contributed by atoms with E-state index >= 15 is 0 Å². The van der Waals surface area contributed by atoms with Crippen molar-refractivity contribution in [3.05, 3.63) is 82.3 Å². The minimum Gasteiger partial charge on any atom is -0.390 e. The number of alkyl halides is 3. The molecule has 10 nitrogen and oxygen atoms in total. The van der Waals surface area contributed by atoms with Crippen LogP contribution in [-0.2, 0) is 47.0 Å². The second-order valence-corrected chi connectivity index (χ2v) is 14.6. The molecule has 0 saturated carbocycles. The molecule has 1 unspecified atom stereocenters. The zero-order valence-electron chi connectivity index (χ0n) is 26.8. The van der Waals surface area contributed by atoms with Crippen molar-refractivity contribution in [3.8, 4) is 11.3 Å². The lowest BCUT2D eigenvalue weighted by atomic mass is 9.93. The average Bonchev–Trinajstić information content (AvgIpc) is 3.37. The number of nitrogens with one attached hydrogen (secondary N) is 1. The van der Waals surface area contributed by atoms with Gasteiger partial charge in [0.1, 0.15) is 0 Å². The number of aliphatic hydroxyl groups is 1. The Morgan fingerprint density at radius 3 is 2.51 bits per heavy atom. The molecule has 2 N–H and O–H groups in total. The number of sulfonamides is 1. The third kappa shape index (κ3) is 8.66. The molecule has 1 amide bonds. The summed E-state index contributed by atoms with van der Waals surface area (Å²) in [7, 11) is -3.55. The number of allylic oxidation sites excluding steroid dienone is 1. The van der Waals surface area contributed by atoms with E-state index in [9.17, 15) is 31.5 Å². The van der Waals surface area contributed by atoms with Gasteiger partial charge in [-0.3, -0.25) is 14.5 Å². The lowest BCUT2D eigenvalue weighted by Crippen LogP contribution is -2.40. The van der Waals surface area contributed by atoms with Gasteiger partial charge >= 0.3 is 6.18 Å². The first kappa shape index (κ1) is 34.7. The monoisotopic (exact) mass is 674 g/mol. The Labute approximate surface area is 273 Å². The first-order valence-electron chi connectivity index (χ1n) is 15.7.